The summed E-state index contributed by atoms with van der Waals surface area (Å²) in [6.07, 6.45) is 0.826. The molecule has 1 aliphatic rings. The first-order valence-electron chi connectivity index (χ1n) is 9.80. The highest BCUT2D eigenvalue weighted by atomic mass is 16.5. The number of carbonyl (C=O) groups is 2. The Bertz CT molecular complexity index is 417. The van der Waals surface area contributed by atoms with Gasteiger partial charge in [-0.3, -0.25) is 19.4 Å². The zero-order valence-corrected chi connectivity index (χ0v) is 17.0. The molecule has 158 valence electrons. The van der Waals surface area contributed by atoms with Gasteiger partial charge in [0.1, 0.15) is 0 Å². The molecule has 0 bridgehead atoms. The second kappa shape index (κ2) is 14.8. The highest BCUT2D eigenvalue weighted by Gasteiger charge is 2.17. The highest BCUT2D eigenvalue weighted by Crippen LogP contribution is 2.02. The van der Waals surface area contributed by atoms with Crippen molar-refractivity contribution in [1.29, 1.82) is 0 Å². The van der Waals surface area contributed by atoms with E-state index in [1.54, 1.807) is 0 Å². The molecule has 9 nitrogen and oxygen atoms in total. The predicted molar refractivity (Wildman–Crippen MR) is 105 cm³/mol. The maximum absolute atomic E-state index is 11.3. The molecule has 0 aromatic rings. The maximum atomic E-state index is 11.3. The molecule has 0 unspecified atom stereocenters. The zero-order valence-electron chi connectivity index (χ0n) is 17.0. The number of methoxy groups -OCH3 is 2. The van der Waals surface area contributed by atoms with Crippen LogP contribution in [0.15, 0.2) is 0 Å². The van der Waals surface area contributed by atoms with Gasteiger partial charge in [0.15, 0.2) is 0 Å². The molecule has 1 saturated heterocycles. The summed E-state index contributed by atoms with van der Waals surface area (Å²) >= 11 is 0. The van der Waals surface area contributed by atoms with E-state index in [1.807, 2.05) is 0 Å². The van der Waals surface area contributed by atoms with E-state index < -0.39 is 0 Å². The van der Waals surface area contributed by atoms with Crippen LogP contribution in [0.4, 0.5) is 0 Å². The van der Waals surface area contributed by atoms with Crippen molar-refractivity contribution in [2.24, 2.45) is 5.73 Å². The lowest BCUT2D eigenvalue weighted by molar-refractivity contribution is -0.141. The number of nitrogens with two attached hydrogens (primary N) is 1. The summed E-state index contributed by atoms with van der Waals surface area (Å²) in [5.41, 5.74) is 5.68. The molecule has 0 aromatic heterocycles. The van der Waals surface area contributed by atoms with Gasteiger partial charge in [0.25, 0.3) is 0 Å². The molecule has 0 aromatic carbocycles. The van der Waals surface area contributed by atoms with E-state index in [2.05, 4.69) is 24.8 Å². The standard InChI is InChI=1S/C18H37N5O4/c1-26-17(24)3-6-20-7-10-22-12-15-23(16-13-22)14-11-21(9-5-19)8-4-18(25)27-2/h20H,3-16,19H2,1-2H3. The quantitative estimate of drug-likeness (QED) is 0.275. The molecule has 1 heterocycles. The molecule has 1 rings (SSSR count). The van der Waals surface area contributed by atoms with Crippen molar-refractivity contribution in [2.75, 3.05) is 92.8 Å². The number of hydrogen-bond donors (Lipinski definition) is 2. The van der Waals surface area contributed by atoms with E-state index in [0.717, 1.165) is 58.9 Å². The summed E-state index contributed by atoms with van der Waals surface area (Å²) in [5.74, 6) is -0.350. The lowest BCUT2D eigenvalue weighted by Crippen LogP contribution is -2.50. The fourth-order valence-corrected chi connectivity index (χ4v) is 3.04. The van der Waals surface area contributed by atoms with Gasteiger partial charge in [-0.25, -0.2) is 0 Å². The largest absolute Gasteiger partial charge is 0.469 e. The Labute approximate surface area is 163 Å². The average Bonchev–Trinajstić information content (AvgIpc) is 2.70. The lowest BCUT2D eigenvalue weighted by Gasteiger charge is -2.35. The minimum atomic E-state index is -0.175. The molecule has 0 atom stereocenters. The summed E-state index contributed by atoms with van der Waals surface area (Å²) in [7, 11) is 2.83. The summed E-state index contributed by atoms with van der Waals surface area (Å²) in [4.78, 5) is 29.5. The van der Waals surface area contributed by atoms with E-state index in [1.165, 1.54) is 14.2 Å². The Balaban J connectivity index is 2.12. The predicted octanol–water partition coefficient (Wildman–Crippen LogP) is -1.42. The van der Waals surface area contributed by atoms with Crippen LogP contribution in [0.5, 0.6) is 0 Å². The Morgan fingerprint density at radius 1 is 0.889 bits per heavy atom. The molecule has 0 radical (unpaired) electrons. The van der Waals surface area contributed by atoms with Crippen LogP contribution in [0.25, 0.3) is 0 Å². The van der Waals surface area contributed by atoms with Gasteiger partial charge in [-0.15, -0.1) is 0 Å². The molecule has 3 N–H and O–H groups in total. The Morgan fingerprint density at radius 3 is 2.07 bits per heavy atom. The second-order valence-electron chi connectivity index (χ2n) is 6.72. The minimum absolute atomic E-state index is 0.175. The first-order valence-corrected chi connectivity index (χ1v) is 9.80. The van der Waals surface area contributed by atoms with Crippen molar-refractivity contribution < 1.29 is 19.1 Å². The van der Waals surface area contributed by atoms with Gasteiger partial charge in [0.05, 0.1) is 27.1 Å². The molecular formula is C18H37N5O4. The van der Waals surface area contributed by atoms with Crippen molar-refractivity contribution in [3.8, 4) is 0 Å². The third kappa shape index (κ3) is 11.2. The number of nitrogens with one attached hydrogen (secondary N) is 1. The van der Waals surface area contributed by atoms with Gasteiger partial charge < -0.3 is 25.4 Å². The smallest absolute Gasteiger partial charge is 0.306 e. The van der Waals surface area contributed by atoms with Crippen molar-refractivity contribution >= 4 is 11.9 Å². The summed E-state index contributed by atoms with van der Waals surface area (Å²) in [6, 6.07) is 0. The van der Waals surface area contributed by atoms with Crippen LogP contribution in [0.3, 0.4) is 0 Å². The number of rotatable bonds is 14. The van der Waals surface area contributed by atoms with E-state index >= 15 is 0 Å². The van der Waals surface area contributed by atoms with Gasteiger partial charge in [-0.2, -0.15) is 0 Å². The van der Waals surface area contributed by atoms with Gasteiger partial charge in [-0.05, 0) is 0 Å². The number of nitrogens with zero attached hydrogens (tertiary/aromatic N) is 3. The molecule has 0 aliphatic carbocycles. The molecule has 1 aliphatic heterocycles. The van der Waals surface area contributed by atoms with Gasteiger partial charge in [0, 0.05) is 78.5 Å². The van der Waals surface area contributed by atoms with E-state index in [4.69, 9.17) is 10.5 Å². The van der Waals surface area contributed by atoms with Crippen molar-refractivity contribution in [3.63, 3.8) is 0 Å². The third-order valence-electron chi connectivity index (χ3n) is 4.84. The van der Waals surface area contributed by atoms with Crippen LogP contribution in [-0.2, 0) is 19.1 Å². The minimum Gasteiger partial charge on any atom is -0.469 e. The second-order valence-corrected chi connectivity index (χ2v) is 6.72. The first kappa shape index (κ1) is 23.8. The van der Waals surface area contributed by atoms with Crippen LogP contribution in [-0.4, -0.2) is 119 Å². The van der Waals surface area contributed by atoms with E-state index in [-0.39, 0.29) is 11.9 Å². The van der Waals surface area contributed by atoms with Crippen LogP contribution >= 0.6 is 0 Å². The molecule has 0 saturated carbocycles. The van der Waals surface area contributed by atoms with Crippen molar-refractivity contribution in [3.05, 3.63) is 0 Å². The normalized spacial score (nSPS) is 15.9. The average molecular weight is 388 g/mol. The maximum Gasteiger partial charge on any atom is 0.306 e. The number of carbonyl (C=O) groups excluding carboxylic acids is 2. The third-order valence-corrected chi connectivity index (χ3v) is 4.84. The number of piperazine rings is 1. The van der Waals surface area contributed by atoms with Gasteiger partial charge >= 0.3 is 11.9 Å². The monoisotopic (exact) mass is 387 g/mol. The highest BCUT2D eigenvalue weighted by molar-refractivity contribution is 5.69. The first-order chi connectivity index (χ1) is 13.1. The van der Waals surface area contributed by atoms with Crippen molar-refractivity contribution in [1.82, 2.24) is 20.0 Å². The van der Waals surface area contributed by atoms with E-state index in [9.17, 15) is 9.59 Å². The summed E-state index contributed by atoms with van der Waals surface area (Å²) in [6.45, 7) is 10.8. The molecular weight excluding hydrogens is 350 g/mol. The SMILES string of the molecule is COC(=O)CCNCCN1CCN(CCN(CCN)CCC(=O)OC)CC1. The summed E-state index contributed by atoms with van der Waals surface area (Å²) < 4.78 is 9.33. The Kier molecular flexibility index (Phi) is 13.0. The van der Waals surface area contributed by atoms with Crippen LogP contribution < -0.4 is 11.1 Å². The Hall–Kier alpha value is -1.26. The number of hydrogen-bond acceptors (Lipinski definition) is 9. The van der Waals surface area contributed by atoms with Gasteiger partial charge in [0.2, 0.25) is 0 Å². The fourth-order valence-electron chi connectivity index (χ4n) is 3.04. The summed E-state index contributed by atoms with van der Waals surface area (Å²) in [5, 5.41) is 3.28. The fraction of sp³-hybridized carbons (Fsp3) is 0.889. The molecule has 0 spiro atoms. The molecule has 1 fully saturated rings. The topological polar surface area (TPSA) is 100 Å². The van der Waals surface area contributed by atoms with Gasteiger partial charge in [-0.1, -0.05) is 0 Å². The van der Waals surface area contributed by atoms with Crippen molar-refractivity contribution in [2.45, 2.75) is 12.8 Å². The van der Waals surface area contributed by atoms with Crippen LogP contribution in [0.2, 0.25) is 0 Å². The number of ether oxygens (including phenoxy) is 2. The van der Waals surface area contributed by atoms with Crippen LogP contribution in [0, 0.1) is 0 Å². The van der Waals surface area contributed by atoms with E-state index in [0.29, 0.717) is 32.5 Å². The lowest BCUT2D eigenvalue weighted by atomic mass is 10.3. The van der Waals surface area contributed by atoms with Crippen LogP contribution in [0.1, 0.15) is 12.8 Å². The number of esters is 2. The molecule has 0 amide bonds. The Morgan fingerprint density at radius 2 is 1.48 bits per heavy atom. The molecule has 27 heavy (non-hydrogen) atoms. The molecule has 9 heteroatoms. The zero-order chi connectivity index (χ0) is 19.9.